The van der Waals surface area contributed by atoms with Crippen LogP contribution in [0.3, 0.4) is 0 Å². The number of carbonyl (C=O) groups excluding carboxylic acids is 1. The minimum absolute atomic E-state index is 0.000266. The molecule has 1 heterocycles. The fourth-order valence-corrected chi connectivity index (χ4v) is 2.67. The van der Waals surface area contributed by atoms with Gasteiger partial charge in [-0.05, 0) is 30.9 Å². The summed E-state index contributed by atoms with van der Waals surface area (Å²) < 4.78 is 5.34. The summed E-state index contributed by atoms with van der Waals surface area (Å²) in [6, 6.07) is 5.58. The Bertz CT molecular complexity index is 765. The molecule has 1 aromatic heterocycles. The first-order chi connectivity index (χ1) is 12.0. The van der Waals surface area contributed by atoms with E-state index in [2.05, 4.69) is 15.5 Å². The predicted octanol–water partition coefficient (Wildman–Crippen LogP) is 3.26. The number of nitrogens with one attached hydrogen (secondary N) is 1. The largest absolute Gasteiger partial charge is 0.344 e. The van der Waals surface area contributed by atoms with Crippen molar-refractivity contribution in [2.45, 2.75) is 39.2 Å². The minimum atomic E-state index is -0.462. The number of rotatable bonds is 6. The Kier molecular flexibility index (Phi) is 4.78. The maximum Gasteiger partial charge on any atom is 0.269 e. The van der Waals surface area contributed by atoms with Crippen molar-refractivity contribution in [3.8, 4) is 11.4 Å². The molecule has 0 unspecified atom stereocenters. The van der Waals surface area contributed by atoms with Gasteiger partial charge in [0.25, 0.3) is 5.69 Å². The molecule has 8 nitrogen and oxygen atoms in total. The quantitative estimate of drug-likeness (QED) is 0.636. The molecule has 1 N–H and O–H groups in total. The summed E-state index contributed by atoms with van der Waals surface area (Å²) in [5, 5.41) is 17.7. The van der Waals surface area contributed by atoms with E-state index in [0.717, 1.165) is 19.3 Å². The van der Waals surface area contributed by atoms with Crippen LogP contribution in [0.25, 0.3) is 11.4 Å². The highest BCUT2D eigenvalue weighted by Crippen LogP contribution is 2.29. The number of nitro benzene ring substituents is 1. The summed E-state index contributed by atoms with van der Waals surface area (Å²) in [6.07, 6.45) is 2.94. The van der Waals surface area contributed by atoms with Gasteiger partial charge in [0.1, 0.15) is 6.04 Å². The lowest BCUT2D eigenvalue weighted by Crippen LogP contribution is -2.38. The molecule has 3 rings (SSSR count). The van der Waals surface area contributed by atoms with Crippen molar-refractivity contribution in [1.29, 1.82) is 0 Å². The van der Waals surface area contributed by atoms with Gasteiger partial charge in [0.05, 0.1) is 4.92 Å². The second-order valence-electron chi connectivity index (χ2n) is 6.62. The van der Waals surface area contributed by atoms with Gasteiger partial charge in [-0.3, -0.25) is 14.9 Å². The Morgan fingerprint density at radius 2 is 2.00 bits per heavy atom. The van der Waals surface area contributed by atoms with Crippen molar-refractivity contribution in [3.05, 3.63) is 40.3 Å². The van der Waals surface area contributed by atoms with Crippen LogP contribution in [0.5, 0.6) is 0 Å². The summed E-state index contributed by atoms with van der Waals surface area (Å²) in [5.41, 5.74) is 0.619. The molecule has 0 bridgehead atoms. The normalized spacial score (nSPS) is 15.6. The number of aromatic nitrogens is 2. The van der Waals surface area contributed by atoms with E-state index in [1.54, 1.807) is 12.1 Å². The molecular formula is C17H20N4O4. The zero-order valence-corrected chi connectivity index (χ0v) is 14.1. The Labute approximate surface area is 144 Å². The van der Waals surface area contributed by atoms with Gasteiger partial charge in [-0.15, -0.1) is 0 Å². The smallest absolute Gasteiger partial charge is 0.269 e. The predicted molar refractivity (Wildman–Crippen MR) is 89.5 cm³/mol. The third-order valence-corrected chi connectivity index (χ3v) is 4.48. The molecule has 1 saturated carbocycles. The lowest BCUT2D eigenvalue weighted by atomic mass is 9.84. The topological polar surface area (TPSA) is 111 Å². The first kappa shape index (κ1) is 17.1. The zero-order valence-electron chi connectivity index (χ0n) is 14.1. The Hall–Kier alpha value is -2.77. The summed E-state index contributed by atoms with van der Waals surface area (Å²) in [6.45, 7) is 3.95. The molecule has 0 saturated heterocycles. The molecule has 8 heteroatoms. The number of nitrogens with zero attached hydrogens (tertiary/aromatic N) is 3. The highest BCUT2D eigenvalue weighted by molar-refractivity contribution is 5.79. The van der Waals surface area contributed by atoms with Gasteiger partial charge in [-0.1, -0.05) is 25.4 Å². The van der Waals surface area contributed by atoms with E-state index in [9.17, 15) is 14.9 Å². The molecular weight excluding hydrogens is 324 g/mol. The van der Waals surface area contributed by atoms with Crippen molar-refractivity contribution < 1.29 is 14.2 Å². The molecule has 1 aliphatic rings. The van der Waals surface area contributed by atoms with Crippen LogP contribution >= 0.6 is 0 Å². The molecule has 25 heavy (non-hydrogen) atoms. The molecule has 0 radical (unpaired) electrons. The molecule has 0 aliphatic heterocycles. The number of hydrogen-bond donors (Lipinski definition) is 1. The van der Waals surface area contributed by atoms with Crippen LogP contribution in [0.2, 0.25) is 0 Å². The van der Waals surface area contributed by atoms with E-state index in [1.165, 1.54) is 12.1 Å². The molecule has 1 fully saturated rings. The molecule has 1 atom stereocenters. The van der Waals surface area contributed by atoms with Crippen molar-refractivity contribution in [1.82, 2.24) is 15.5 Å². The SMILES string of the molecule is CC(C)[C@@H](NC(=O)C1CCC1)c1nc(-c2ccc([N+](=O)[O-])cc2)no1. The fraction of sp³-hybridized carbons (Fsp3) is 0.471. The summed E-state index contributed by atoms with van der Waals surface area (Å²) in [7, 11) is 0. The number of benzene rings is 1. The number of hydrogen-bond acceptors (Lipinski definition) is 6. The first-order valence-electron chi connectivity index (χ1n) is 8.34. The Morgan fingerprint density at radius 3 is 2.52 bits per heavy atom. The van der Waals surface area contributed by atoms with E-state index < -0.39 is 4.92 Å². The Balaban J connectivity index is 1.77. The van der Waals surface area contributed by atoms with Gasteiger partial charge >= 0.3 is 0 Å². The van der Waals surface area contributed by atoms with Gasteiger partial charge in [-0.2, -0.15) is 4.98 Å². The molecule has 132 valence electrons. The van der Waals surface area contributed by atoms with E-state index >= 15 is 0 Å². The zero-order chi connectivity index (χ0) is 18.0. The molecule has 2 aromatic rings. The third-order valence-electron chi connectivity index (χ3n) is 4.48. The van der Waals surface area contributed by atoms with Crippen LogP contribution in [-0.2, 0) is 4.79 Å². The molecule has 1 aromatic carbocycles. The standard InChI is InChI=1S/C17H20N4O4/c1-10(2)14(18-16(22)12-4-3-5-12)17-19-15(20-25-17)11-6-8-13(9-7-11)21(23)24/h6-10,12,14H,3-5H2,1-2H3,(H,18,22)/t14-/m1/s1. The van der Waals surface area contributed by atoms with E-state index in [0.29, 0.717) is 17.3 Å². The number of non-ortho nitro benzene ring substituents is 1. The van der Waals surface area contributed by atoms with Gasteiger partial charge in [0.2, 0.25) is 17.6 Å². The van der Waals surface area contributed by atoms with Crippen molar-refractivity contribution in [2.75, 3.05) is 0 Å². The second kappa shape index (κ2) is 7.00. The average Bonchev–Trinajstić information content (AvgIpc) is 3.00. The first-order valence-corrected chi connectivity index (χ1v) is 8.34. The highest BCUT2D eigenvalue weighted by Gasteiger charge is 2.30. The summed E-state index contributed by atoms with van der Waals surface area (Å²) in [4.78, 5) is 26.9. The average molecular weight is 344 g/mol. The maximum atomic E-state index is 12.2. The van der Waals surface area contributed by atoms with Gasteiger partial charge in [-0.25, -0.2) is 0 Å². The summed E-state index contributed by atoms with van der Waals surface area (Å²) in [5.74, 6) is 0.886. The molecule has 1 aliphatic carbocycles. The van der Waals surface area contributed by atoms with Crippen molar-refractivity contribution in [2.24, 2.45) is 11.8 Å². The third kappa shape index (κ3) is 3.67. The number of amides is 1. The maximum absolute atomic E-state index is 12.2. The van der Waals surface area contributed by atoms with E-state index in [4.69, 9.17) is 4.52 Å². The van der Waals surface area contributed by atoms with Gasteiger partial charge < -0.3 is 9.84 Å². The van der Waals surface area contributed by atoms with Crippen LogP contribution in [0.1, 0.15) is 45.0 Å². The van der Waals surface area contributed by atoms with Crippen LogP contribution in [-0.4, -0.2) is 21.0 Å². The van der Waals surface area contributed by atoms with Gasteiger partial charge in [0.15, 0.2) is 0 Å². The van der Waals surface area contributed by atoms with Crippen LogP contribution in [0, 0.1) is 22.0 Å². The highest BCUT2D eigenvalue weighted by atomic mass is 16.6. The Morgan fingerprint density at radius 1 is 1.32 bits per heavy atom. The number of carbonyl (C=O) groups is 1. The second-order valence-corrected chi connectivity index (χ2v) is 6.62. The monoisotopic (exact) mass is 344 g/mol. The lowest BCUT2D eigenvalue weighted by molar-refractivity contribution is -0.384. The van der Waals surface area contributed by atoms with Gasteiger partial charge in [0, 0.05) is 23.6 Å². The van der Waals surface area contributed by atoms with Crippen LogP contribution < -0.4 is 5.32 Å². The minimum Gasteiger partial charge on any atom is -0.344 e. The van der Waals surface area contributed by atoms with Crippen molar-refractivity contribution in [3.63, 3.8) is 0 Å². The molecule has 0 spiro atoms. The number of nitro groups is 1. The van der Waals surface area contributed by atoms with Crippen LogP contribution in [0.15, 0.2) is 28.8 Å². The van der Waals surface area contributed by atoms with Crippen LogP contribution in [0.4, 0.5) is 5.69 Å². The summed E-state index contributed by atoms with van der Waals surface area (Å²) >= 11 is 0. The van der Waals surface area contributed by atoms with Crippen molar-refractivity contribution >= 4 is 11.6 Å². The lowest BCUT2D eigenvalue weighted by Gasteiger charge is -2.27. The fourth-order valence-electron chi connectivity index (χ4n) is 2.67. The van der Waals surface area contributed by atoms with E-state index in [-0.39, 0.29) is 29.5 Å². The molecule has 1 amide bonds. The van der Waals surface area contributed by atoms with E-state index in [1.807, 2.05) is 13.8 Å².